The number of carboxylic acids is 1. The third kappa shape index (κ3) is 3.62. The van der Waals surface area contributed by atoms with E-state index in [0.29, 0.717) is 5.69 Å². The van der Waals surface area contributed by atoms with Crippen molar-refractivity contribution in [2.45, 2.75) is 27.3 Å². The highest BCUT2D eigenvalue weighted by Crippen LogP contribution is 2.24. The second kappa shape index (κ2) is 6.04. The summed E-state index contributed by atoms with van der Waals surface area (Å²) in [6, 6.07) is 8.91. The molecule has 0 saturated heterocycles. The number of aromatic carboxylic acids is 1. The molecule has 0 saturated carbocycles. The summed E-state index contributed by atoms with van der Waals surface area (Å²) >= 11 is 3.36. The molecule has 0 aliphatic carbocycles. The van der Waals surface area contributed by atoms with Gasteiger partial charge in [-0.1, -0.05) is 48.8 Å². The van der Waals surface area contributed by atoms with E-state index in [-0.39, 0.29) is 18.0 Å². The molecule has 6 heteroatoms. The van der Waals surface area contributed by atoms with Crippen LogP contribution in [0.2, 0.25) is 0 Å². The number of halogens is 1. The van der Waals surface area contributed by atoms with Gasteiger partial charge in [0.05, 0.1) is 5.69 Å². The van der Waals surface area contributed by atoms with E-state index in [0.717, 1.165) is 10.0 Å². The van der Waals surface area contributed by atoms with Crippen molar-refractivity contribution in [3.8, 4) is 11.3 Å². The maximum atomic E-state index is 12.2. The minimum Gasteiger partial charge on any atom is -0.476 e. The topological polar surface area (TPSA) is 72.2 Å². The van der Waals surface area contributed by atoms with E-state index in [4.69, 9.17) is 5.11 Å². The molecule has 5 nitrogen and oxygen atoms in total. The third-order valence-corrected chi connectivity index (χ3v) is 3.80. The van der Waals surface area contributed by atoms with Crippen molar-refractivity contribution in [2.75, 3.05) is 0 Å². The molecule has 0 aliphatic rings. The number of nitrogens with zero attached hydrogens (tertiary/aromatic N) is 2. The molecular formula is C16H17BrN2O3. The first kappa shape index (κ1) is 16.4. The predicted molar refractivity (Wildman–Crippen MR) is 86.8 cm³/mol. The Hall–Kier alpha value is -1.95. The van der Waals surface area contributed by atoms with E-state index in [1.54, 1.807) is 0 Å². The van der Waals surface area contributed by atoms with Crippen LogP contribution >= 0.6 is 15.9 Å². The Morgan fingerprint density at radius 3 is 2.32 bits per heavy atom. The summed E-state index contributed by atoms with van der Waals surface area (Å²) in [6.45, 7) is 5.53. The van der Waals surface area contributed by atoms with Crippen LogP contribution in [0.1, 0.15) is 31.3 Å². The van der Waals surface area contributed by atoms with Crippen molar-refractivity contribution in [3.05, 3.63) is 40.5 Å². The summed E-state index contributed by atoms with van der Waals surface area (Å²) in [5, 5.41) is 13.2. The van der Waals surface area contributed by atoms with Gasteiger partial charge in [-0.2, -0.15) is 5.10 Å². The molecule has 1 N–H and O–H groups in total. The average Bonchev–Trinajstić information content (AvgIpc) is 2.82. The molecule has 0 bridgehead atoms. The van der Waals surface area contributed by atoms with Crippen LogP contribution < -0.4 is 0 Å². The summed E-state index contributed by atoms with van der Waals surface area (Å²) in [7, 11) is 0. The van der Waals surface area contributed by atoms with Crippen LogP contribution in [0, 0.1) is 5.41 Å². The normalized spacial score (nSPS) is 11.5. The number of hydrogen-bond donors (Lipinski definition) is 1. The first-order chi connectivity index (χ1) is 10.2. The first-order valence-corrected chi connectivity index (χ1v) is 7.58. The molecule has 0 radical (unpaired) electrons. The van der Waals surface area contributed by atoms with Gasteiger partial charge in [-0.15, -0.1) is 0 Å². The maximum absolute atomic E-state index is 12.2. The Balaban J connectivity index is 2.46. The number of carboxylic acid groups (broad SMARTS) is 1. The fraction of sp³-hybridized carbons (Fsp3) is 0.312. The van der Waals surface area contributed by atoms with Crippen LogP contribution in [-0.4, -0.2) is 26.6 Å². The van der Waals surface area contributed by atoms with Crippen molar-refractivity contribution in [2.24, 2.45) is 5.41 Å². The van der Waals surface area contributed by atoms with Gasteiger partial charge in [0.1, 0.15) is 6.54 Å². The second-order valence-corrected chi connectivity index (χ2v) is 6.97. The smallest absolute Gasteiger partial charge is 0.356 e. The zero-order chi connectivity index (χ0) is 16.5. The van der Waals surface area contributed by atoms with Gasteiger partial charge in [0.15, 0.2) is 11.5 Å². The number of hydrogen-bond acceptors (Lipinski definition) is 3. The van der Waals surface area contributed by atoms with E-state index in [2.05, 4.69) is 21.0 Å². The summed E-state index contributed by atoms with van der Waals surface area (Å²) in [6.07, 6.45) is 0. The number of rotatable bonds is 4. The number of aromatic nitrogens is 2. The highest BCUT2D eigenvalue weighted by atomic mass is 79.9. The standard InChI is InChI=1S/C16H17BrN2O3/c1-16(2,3)14(20)9-19-13(8-12(18-19)15(21)22)10-4-6-11(17)7-5-10/h4-8H,9H2,1-3H3,(H,21,22). The number of Topliss-reactive ketones (excluding diaryl/α,β-unsaturated/α-hetero) is 1. The Labute approximate surface area is 137 Å². The van der Waals surface area contributed by atoms with Crippen molar-refractivity contribution in [1.82, 2.24) is 9.78 Å². The van der Waals surface area contributed by atoms with E-state index in [1.807, 2.05) is 45.0 Å². The molecule has 1 heterocycles. The number of carbonyl (C=O) groups excluding carboxylic acids is 1. The fourth-order valence-corrected chi connectivity index (χ4v) is 2.13. The van der Waals surface area contributed by atoms with E-state index < -0.39 is 11.4 Å². The summed E-state index contributed by atoms with van der Waals surface area (Å²) in [5.41, 5.74) is 0.846. The summed E-state index contributed by atoms with van der Waals surface area (Å²) in [4.78, 5) is 23.4. The van der Waals surface area contributed by atoms with Crippen LogP contribution in [0.4, 0.5) is 0 Å². The predicted octanol–water partition coefficient (Wildman–Crippen LogP) is 3.63. The lowest BCUT2D eigenvalue weighted by molar-refractivity contribution is -0.127. The highest BCUT2D eigenvalue weighted by molar-refractivity contribution is 9.10. The molecule has 2 aromatic rings. The van der Waals surface area contributed by atoms with Gasteiger partial charge in [-0.05, 0) is 23.8 Å². The molecule has 116 valence electrons. The van der Waals surface area contributed by atoms with Gasteiger partial charge in [0, 0.05) is 9.89 Å². The molecule has 0 fully saturated rings. The van der Waals surface area contributed by atoms with Crippen molar-refractivity contribution in [3.63, 3.8) is 0 Å². The van der Waals surface area contributed by atoms with E-state index in [1.165, 1.54) is 10.7 Å². The number of benzene rings is 1. The van der Waals surface area contributed by atoms with E-state index in [9.17, 15) is 9.59 Å². The third-order valence-electron chi connectivity index (χ3n) is 3.27. The molecule has 0 unspecified atom stereocenters. The van der Waals surface area contributed by atoms with Gasteiger partial charge in [-0.25, -0.2) is 4.79 Å². The zero-order valence-electron chi connectivity index (χ0n) is 12.6. The lowest BCUT2D eigenvalue weighted by Gasteiger charge is -2.17. The number of carbonyl (C=O) groups is 2. The second-order valence-electron chi connectivity index (χ2n) is 6.06. The SMILES string of the molecule is CC(C)(C)C(=O)Cn1nc(C(=O)O)cc1-c1ccc(Br)cc1. The van der Waals surface area contributed by atoms with Gasteiger partial charge < -0.3 is 5.11 Å². The van der Waals surface area contributed by atoms with Crippen LogP contribution in [0.15, 0.2) is 34.8 Å². The van der Waals surface area contributed by atoms with Gasteiger partial charge in [0.2, 0.25) is 0 Å². The summed E-state index contributed by atoms with van der Waals surface area (Å²) in [5.74, 6) is -1.12. The zero-order valence-corrected chi connectivity index (χ0v) is 14.2. The Kier molecular flexibility index (Phi) is 4.51. The summed E-state index contributed by atoms with van der Waals surface area (Å²) < 4.78 is 2.38. The van der Waals surface area contributed by atoms with Crippen molar-refractivity contribution >= 4 is 27.7 Å². The van der Waals surface area contributed by atoms with Crippen LogP contribution in [0.3, 0.4) is 0 Å². The van der Waals surface area contributed by atoms with Crippen LogP contribution in [0.25, 0.3) is 11.3 Å². The van der Waals surface area contributed by atoms with Crippen LogP contribution in [-0.2, 0) is 11.3 Å². The monoisotopic (exact) mass is 364 g/mol. The largest absolute Gasteiger partial charge is 0.476 e. The lowest BCUT2D eigenvalue weighted by Crippen LogP contribution is -2.26. The Morgan fingerprint density at radius 2 is 1.82 bits per heavy atom. The van der Waals surface area contributed by atoms with Crippen molar-refractivity contribution in [1.29, 1.82) is 0 Å². The molecule has 0 amide bonds. The lowest BCUT2D eigenvalue weighted by atomic mass is 9.91. The molecule has 2 rings (SSSR count). The average molecular weight is 365 g/mol. The fourth-order valence-electron chi connectivity index (χ4n) is 1.87. The first-order valence-electron chi connectivity index (χ1n) is 6.79. The molecule has 0 atom stereocenters. The minimum absolute atomic E-state index is 0.00843. The molecule has 0 spiro atoms. The van der Waals surface area contributed by atoms with Gasteiger partial charge in [-0.3, -0.25) is 9.48 Å². The minimum atomic E-state index is -1.11. The quantitative estimate of drug-likeness (QED) is 0.898. The van der Waals surface area contributed by atoms with E-state index >= 15 is 0 Å². The van der Waals surface area contributed by atoms with Crippen LogP contribution in [0.5, 0.6) is 0 Å². The Morgan fingerprint density at radius 1 is 1.23 bits per heavy atom. The van der Waals surface area contributed by atoms with Gasteiger partial charge >= 0.3 is 5.97 Å². The van der Waals surface area contributed by atoms with Gasteiger partial charge in [0.25, 0.3) is 0 Å². The maximum Gasteiger partial charge on any atom is 0.356 e. The van der Waals surface area contributed by atoms with Crippen molar-refractivity contribution < 1.29 is 14.7 Å². The highest BCUT2D eigenvalue weighted by Gasteiger charge is 2.24. The molecule has 1 aromatic carbocycles. The molecule has 0 aliphatic heterocycles. The molecular weight excluding hydrogens is 348 g/mol. The Bertz CT molecular complexity index is 712. The molecule has 22 heavy (non-hydrogen) atoms. The molecule has 1 aromatic heterocycles. The number of ketones is 1.